The van der Waals surface area contributed by atoms with E-state index < -0.39 is 5.41 Å². The number of benzene rings is 10. The normalized spacial score (nSPS) is 12.9. The van der Waals surface area contributed by atoms with Gasteiger partial charge < -0.3 is 9.32 Å². The molecule has 0 saturated carbocycles. The SMILES string of the molecule is c1ccc(-c2ccccc2-c2ccc(N(c3ccc4c(c3)-c3ccccc3C43c4ccccc4-c4ccccc43)c3ccccc3-c3cccc4oc5ccccc5c34)cc2)cc1. The first kappa shape index (κ1) is 35.5. The first-order valence-electron chi connectivity index (χ1n) is 21.8. The Bertz CT molecular complexity index is 3530. The highest BCUT2D eigenvalue weighted by Gasteiger charge is 2.51. The Labute approximate surface area is 366 Å². The molecular formula is C61H39NO. The van der Waals surface area contributed by atoms with Crippen molar-refractivity contribution >= 4 is 39.0 Å². The molecule has 1 aromatic heterocycles. The Morgan fingerprint density at radius 1 is 0.302 bits per heavy atom. The fourth-order valence-electron chi connectivity index (χ4n) is 10.9. The summed E-state index contributed by atoms with van der Waals surface area (Å²) in [5, 5.41) is 2.24. The zero-order valence-electron chi connectivity index (χ0n) is 34.4. The molecule has 2 aliphatic carbocycles. The van der Waals surface area contributed by atoms with Gasteiger partial charge in [-0.2, -0.15) is 0 Å². The summed E-state index contributed by atoms with van der Waals surface area (Å²) in [5.74, 6) is 0. The quantitative estimate of drug-likeness (QED) is 0.167. The first-order valence-corrected chi connectivity index (χ1v) is 21.8. The molecule has 11 aromatic rings. The summed E-state index contributed by atoms with van der Waals surface area (Å²) < 4.78 is 6.45. The summed E-state index contributed by atoms with van der Waals surface area (Å²) >= 11 is 0. The van der Waals surface area contributed by atoms with Crippen LogP contribution in [0.25, 0.3) is 77.6 Å². The van der Waals surface area contributed by atoms with Crippen molar-refractivity contribution in [2.45, 2.75) is 5.41 Å². The van der Waals surface area contributed by atoms with E-state index in [0.29, 0.717) is 0 Å². The topological polar surface area (TPSA) is 16.4 Å². The monoisotopic (exact) mass is 801 g/mol. The number of nitrogens with zero attached hydrogens (tertiary/aromatic N) is 1. The number of furan rings is 1. The lowest BCUT2D eigenvalue weighted by Gasteiger charge is -2.31. The Hall–Kier alpha value is -8.20. The van der Waals surface area contributed by atoms with Gasteiger partial charge in [0.05, 0.1) is 11.1 Å². The Morgan fingerprint density at radius 3 is 1.46 bits per heavy atom. The van der Waals surface area contributed by atoms with Crippen LogP contribution in [0.5, 0.6) is 0 Å². The predicted octanol–water partition coefficient (Wildman–Crippen LogP) is 16.4. The molecule has 0 saturated heterocycles. The van der Waals surface area contributed by atoms with E-state index >= 15 is 0 Å². The first-order chi connectivity index (χ1) is 31.3. The molecule has 1 heterocycles. The summed E-state index contributed by atoms with van der Waals surface area (Å²) in [7, 11) is 0. The molecule has 10 aromatic carbocycles. The number of hydrogen-bond donors (Lipinski definition) is 0. The largest absolute Gasteiger partial charge is 0.456 e. The third-order valence-corrected chi connectivity index (χ3v) is 13.5. The van der Waals surface area contributed by atoms with Crippen LogP contribution in [0.4, 0.5) is 17.1 Å². The van der Waals surface area contributed by atoms with Crippen molar-refractivity contribution in [1.29, 1.82) is 0 Å². The zero-order chi connectivity index (χ0) is 41.5. The van der Waals surface area contributed by atoms with Gasteiger partial charge in [0.25, 0.3) is 0 Å². The molecular weight excluding hydrogens is 763 g/mol. The van der Waals surface area contributed by atoms with E-state index in [-0.39, 0.29) is 0 Å². The fourth-order valence-corrected chi connectivity index (χ4v) is 10.9. The molecule has 2 heteroatoms. The lowest BCUT2D eigenvalue weighted by atomic mass is 9.70. The minimum Gasteiger partial charge on any atom is -0.456 e. The number of para-hydroxylation sites is 2. The van der Waals surface area contributed by atoms with E-state index in [9.17, 15) is 0 Å². The van der Waals surface area contributed by atoms with Gasteiger partial charge in [-0.25, -0.2) is 0 Å². The van der Waals surface area contributed by atoms with Crippen molar-refractivity contribution in [3.63, 3.8) is 0 Å². The van der Waals surface area contributed by atoms with Gasteiger partial charge in [0.15, 0.2) is 0 Å². The summed E-state index contributed by atoms with van der Waals surface area (Å²) in [4.78, 5) is 2.45. The van der Waals surface area contributed by atoms with Crippen molar-refractivity contribution in [3.05, 3.63) is 259 Å². The number of rotatable bonds is 6. The number of hydrogen-bond acceptors (Lipinski definition) is 2. The molecule has 2 aliphatic rings. The van der Waals surface area contributed by atoms with Gasteiger partial charge in [0.2, 0.25) is 0 Å². The van der Waals surface area contributed by atoms with Crippen molar-refractivity contribution < 1.29 is 4.42 Å². The molecule has 0 amide bonds. The second kappa shape index (κ2) is 13.9. The Balaban J connectivity index is 1.04. The van der Waals surface area contributed by atoms with E-state index in [1.54, 1.807) is 0 Å². The van der Waals surface area contributed by atoms with Crippen LogP contribution in [0.1, 0.15) is 22.3 Å². The van der Waals surface area contributed by atoms with E-state index in [2.05, 4.69) is 235 Å². The van der Waals surface area contributed by atoms with Gasteiger partial charge in [-0.1, -0.05) is 194 Å². The van der Waals surface area contributed by atoms with Crippen molar-refractivity contribution in [2.24, 2.45) is 0 Å². The summed E-state index contributed by atoms with van der Waals surface area (Å²) in [6.07, 6.45) is 0. The molecule has 0 radical (unpaired) electrons. The summed E-state index contributed by atoms with van der Waals surface area (Å²) in [5.41, 5.74) is 22.2. The average Bonchev–Trinajstić information content (AvgIpc) is 3.99. The molecule has 0 aliphatic heterocycles. The molecule has 294 valence electrons. The van der Waals surface area contributed by atoms with E-state index in [1.807, 2.05) is 6.07 Å². The molecule has 0 N–H and O–H groups in total. The lowest BCUT2D eigenvalue weighted by molar-refractivity contribution is 0.669. The third kappa shape index (κ3) is 5.19. The number of fused-ring (bicyclic) bond motifs is 13. The standard InChI is InChI=1S/C61H39NO/c1-2-17-40(18-3-1)44-19-4-5-20-45(44)41-33-35-42(36-34-41)62(57-30-14-9-24-49(57)50-26-16-32-59-60(50)51-25-10-15-31-58(51)63-59)43-37-38-56-52(39-43)48-23-8-13-29-55(48)61(56)53-27-11-6-21-46(53)47-22-7-12-28-54(47)61/h1-39H. The maximum absolute atomic E-state index is 6.45. The maximum atomic E-state index is 6.45. The van der Waals surface area contributed by atoms with E-state index in [1.165, 1.54) is 66.8 Å². The Morgan fingerprint density at radius 2 is 0.778 bits per heavy atom. The van der Waals surface area contributed by atoms with Crippen LogP contribution < -0.4 is 4.90 Å². The van der Waals surface area contributed by atoms with Crippen LogP contribution in [0.3, 0.4) is 0 Å². The molecule has 0 fully saturated rings. The van der Waals surface area contributed by atoms with Crippen LogP contribution in [0.15, 0.2) is 241 Å². The molecule has 0 atom stereocenters. The fraction of sp³-hybridized carbons (Fsp3) is 0.0164. The van der Waals surface area contributed by atoms with Crippen LogP contribution >= 0.6 is 0 Å². The average molecular weight is 802 g/mol. The van der Waals surface area contributed by atoms with Gasteiger partial charge in [-0.3, -0.25) is 0 Å². The second-order valence-corrected chi connectivity index (χ2v) is 16.7. The van der Waals surface area contributed by atoms with Crippen molar-refractivity contribution in [3.8, 4) is 55.6 Å². The highest BCUT2D eigenvalue weighted by molar-refractivity contribution is 6.14. The minimum atomic E-state index is -0.411. The van der Waals surface area contributed by atoms with E-state index in [4.69, 9.17) is 4.42 Å². The van der Waals surface area contributed by atoms with Crippen molar-refractivity contribution in [2.75, 3.05) is 4.90 Å². The van der Waals surface area contributed by atoms with Crippen LogP contribution in [-0.4, -0.2) is 0 Å². The molecule has 2 nitrogen and oxygen atoms in total. The minimum absolute atomic E-state index is 0.411. The Kier molecular flexibility index (Phi) is 7.85. The predicted molar refractivity (Wildman–Crippen MR) is 261 cm³/mol. The molecule has 63 heavy (non-hydrogen) atoms. The molecule has 1 spiro atoms. The van der Waals surface area contributed by atoms with Gasteiger partial charge in [0, 0.05) is 27.7 Å². The summed E-state index contributed by atoms with van der Waals surface area (Å²) in [6, 6.07) is 86.4. The maximum Gasteiger partial charge on any atom is 0.136 e. The van der Waals surface area contributed by atoms with Gasteiger partial charge in [-0.05, 0) is 115 Å². The number of anilines is 3. The van der Waals surface area contributed by atoms with Gasteiger partial charge >= 0.3 is 0 Å². The van der Waals surface area contributed by atoms with E-state index in [0.717, 1.165) is 50.1 Å². The van der Waals surface area contributed by atoms with Crippen LogP contribution in [0, 0.1) is 0 Å². The lowest BCUT2D eigenvalue weighted by Crippen LogP contribution is -2.25. The molecule has 0 bridgehead atoms. The summed E-state index contributed by atoms with van der Waals surface area (Å²) in [6.45, 7) is 0. The van der Waals surface area contributed by atoms with Crippen LogP contribution in [-0.2, 0) is 5.41 Å². The van der Waals surface area contributed by atoms with Gasteiger partial charge in [0.1, 0.15) is 11.2 Å². The highest BCUT2D eigenvalue weighted by atomic mass is 16.3. The van der Waals surface area contributed by atoms with Gasteiger partial charge in [-0.15, -0.1) is 0 Å². The molecule has 13 rings (SSSR count). The highest BCUT2D eigenvalue weighted by Crippen LogP contribution is 2.63. The molecule has 0 unspecified atom stereocenters. The third-order valence-electron chi connectivity index (χ3n) is 13.5. The second-order valence-electron chi connectivity index (χ2n) is 16.7. The zero-order valence-corrected chi connectivity index (χ0v) is 34.4. The smallest absolute Gasteiger partial charge is 0.136 e. The van der Waals surface area contributed by atoms with Crippen molar-refractivity contribution in [1.82, 2.24) is 0 Å². The van der Waals surface area contributed by atoms with Crippen LogP contribution in [0.2, 0.25) is 0 Å².